The van der Waals surface area contributed by atoms with E-state index in [1.54, 1.807) is 20.3 Å². The normalized spacial score (nSPS) is 15.1. The second kappa shape index (κ2) is 10.7. The molecule has 1 atom stereocenters. The number of hydrogen-bond acceptors (Lipinski definition) is 6. The van der Waals surface area contributed by atoms with Crippen molar-refractivity contribution < 1.29 is 28.2 Å². The minimum Gasteiger partial charge on any atom is -0.493 e. The summed E-state index contributed by atoms with van der Waals surface area (Å²) in [5.41, 5.74) is 1.81. The predicted octanol–water partition coefficient (Wildman–Crippen LogP) is 5.06. The molecule has 9 heteroatoms. The van der Waals surface area contributed by atoms with Crippen LogP contribution in [0.25, 0.3) is 0 Å². The number of methoxy groups -OCH3 is 3. The molecule has 0 radical (unpaired) electrons. The first-order valence-electron chi connectivity index (χ1n) is 10.8. The number of carbonyl (C=O) groups is 2. The Kier molecular flexibility index (Phi) is 7.45. The molecule has 0 aromatic heterocycles. The average molecular weight is 497 g/mol. The lowest BCUT2D eigenvalue weighted by Crippen LogP contribution is -2.38. The number of anilines is 2. The van der Waals surface area contributed by atoms with E-state index in [2.05, 4.69) is 5.32 Å². The van der Waals surface area contributed by atoms with Gasteiger partial charge in [-0.25, -0.2) is 4.39 Å². The summed E-state index contributed by atoms with van der Waals surface area (Å²) < 4.78 is 29.9. The van der Waals surface area contributed by atoms with Gasteiger partial charge >= 0.3 is 0 Å². The Morgan fingerprint density at radius 1 is 1.03 bits per heavy atom. The zero-order chi connectivity index (χ0) is 24.9. The highest BCUT2D eigenvalue weighted by molar-refractivity contribution is 7.99. The van der Waals surface area contributed by atoms with Crippen LogP contribution in [0.1, 0.15) is 17.2 Å². The number of benzene rings is 3. The van der Waals surface area contributed by atoms with Crippen molar-refractivity contribution in [3.8, 4) is 17.2 Å². The summed E-state index contributed by atoms with van der Waals surface area (Å²) in [6.07, 6.45) is 0.144. The third kappa shape index (κ3) is 5.35. The van der Waals surface area contributed by atoms with Crippen molar-refractivity contribution in [2.45, 2.75) is 16.6 Å². The third-order valence-corrected chi connectivity index (χ3v) is 6.88. The van der Waals surface area contributed by atoms with Crippen molar-refractivity contribution in [2.75, 3.05) is 38.1 Å². The summed E-state index contributed by atoms with van der Waals surface area (Å²) in [7, 11) is 4.62. The second-order valence-electron chi connectivity index (χ2n) is 7.78. The molecule has 1 unspecified atom stereocenters. The molecule has 1 aliphatic rings. The van der Waals surface area contributed by atoms with Crippen LogP contribution in [0.15, 0.2) is 65.6 Å². The largest absolute Gasteiger partial charge is 0.493 e. The smallest absolute Gasteiger partial charge is 0.244 e. The fourth-order valence-electron chi connectivity index (χ4n) is 3.93. The number of hydrogen-bond donors (Lipinski definition) is 1. The summed E-state index contributed by atoms with van der Waals surface area (Å²) >= 11 is 1.53. The maximum absolute atomic E-state index is 13.5. The van der Waals surface area contributed by atoms with E-state index >= 15 is 0 Å². The van der Waals surface area contributed by atoms with Crippen molar-refractivity contribution in [1.82, 2.24) is 0 Å². The Balaban J connectivity index is 1.63. The SMILES string of the molecule is COc1cc(C2CC(=O)N(CC(=O)Nc3cccc(F)c3)c3ccccc3S2)cc(OC)c1OC. The van der Waals surface area contributed by atoms with E-state index in [0.717, 1.165) is 10.5 Å². The highest BCUT2D eigenvalue weighted by Gasteiger charge is 2.31. The van der Waals surface area contributed by atoms with Crippen molar-refractivity contribution >= 4 is 35.0 Å². The summed E-state index contributed by atoms with van der Waals surface area (Å²) in [5.74, 6) is 0.381. The number of nitrogens with zero attached hydrogens (tertiary/aromatic N) is 1. The number of para-hydroxylation sites is 1. The molecule has 1 aliphatic heterocycles. The fraction of sp³-hybridized carbons (Fsp3) is 0.231. The van der Waals surface area contributed by atoms with Crippen LogP contribution in [0.3, 0.4) is 0 Å². The highest BCUT2D eigenvalue weighted by Crippen LogP contribution is 2.49. The minimum atomic E-state index is -0.455. The van der Waals surface area contributed by atoms with E-state index in [-0.39, 0.29) is 24.1 Å². The fourth-order valence-corrected chi connectivity index (χ4v) is 5.20. The Morgan fingerprint density at radius 2 is 1.74 bits per heavy atom. The molecule has 0 aliphatic carbocycles. The lowest BCUT2D eigenvalue weighted by atomic mass is 10.1. The maximum Gasteiger partial charge on any atom is 0.244 e. The Labute approximate surface area is 207 Å². The summed E-state index contributed by atoms with van der Waals surface area (Å²) in [5, 5.41) is 2.41. The van der Waals surface area contributed by atoms with Gasteiger partial charge in [0.05, 0.1) is 27.0 Å². The van der Waals surface area contributed by atoms with Crippen LogP contribution in [0, 0.1) is 5.82 Å². The molecule has 0 spiro atoms. The number of halogens is 1. The molecule has 0 fully saturated rings. The number of carbonyl (C=O) groups excluding carboxylic acids is 2. The topological polar surface area (TPSA) is 77.1 Å². The molecule has 2 amide bonds. The average Bonchev–Trinajstić information content (AvgIpc) is 2.99. The number of thioether (sulfide) groups is 1. The second-order valence-corrected chi connectivity index (χ2v) is 9.02. The molecule has 1 heterocycles. The molecular formula is C26H25FN2O5S. The Morgan fingerprint density at radius 3 is 2.40 bits per heavy atom. The molecule has 3 aromatic carbocycles. The van der Waals surface area contributed by atoms with Gasteiger partial charge in [0.15, 0.2) is 11.5 Å². The lowest BCUT2D eigenvalue weighted by molar-refractivity contribution is -0.121. The molecule has 0 saturated carbocycles. The molecular weight excluding hydrogens is 471 g/mol. The van der Waals surface area contributed by atoms with Gasteiger partial charge in [-0.3, -0.25) is 9.59 Å². The first-order valence-corrected chi connectivity index (χ1v) is 11.7. The Bertz CT molecular complexity index is 1230. The minimum absolute atomic E-state index is 0.144. The van der Waals surface area contributed by atoms with Crippen LogP contribution in [-0.4, -0.2) is 39.7 Å². The van der Waals surface area contributed by atoms with E-state index in [1.807, 2.05) is 36.4 Å². The van der Waals surface area contributed by atoms with Gasteiger partial charge in [0, 0.05) is 22.3 Å². The van der Waals surface area contributed by atoms with Gasteiger partial charge in [0.2, 0.25) is 17.6 Å². The first kappa shape index (κ1) is 24.4. The highest BCUT2D eigenvalue weighted by atomic mass is 32.2. The van der Waals surface area contributed by atoms with E-state index in [4.69, 9.17) is 14.2 Å². The number of rotatable bonds is 7. The van der Waals surface area contributed by atoms with Crippen molar-refractivity contribution in [2.24, 2.45) is 0 Å². The Hall–Kier alpha value is -3.72. The molecule has 3 aromatic rings. The van der Waals surface area contributed by atoms with Gasteiger partial charge in [-0.15, -0.1) is 11.8 Å². The quantitative estimate of drug-likeness (QED) is 0.493. The van der Waals surface area contributed by atoms with Gasteiger partial charge in [-0.1, -0.05) is 18.2 Å². The van der Waals surface area contributed by atoms with Gasteiger partial charge in [-0.2, -0.15) is 0 Å². The van der Waals surface area contributed by atoms with Gasteiger partial charge in [0.25, 0.3) is 0 Å². The van der Waals surface area contributed by atoms with Crippen LogP contribution in [0.5, 0.6) is 17.2 Å². The van der Waals surface area contributed by atoms with Crippen molar-refractivity contribution in [3.05, 3.63) is 72.0 Å². The maximum atomic E-state index is 13.5. The van der Waals surface area contributed by atoms with Crippen LogP contribution < -0.4 is 24.4 Å². The molecule has 4 rings (SSSR count). The standard InChI is InChI=1S/C26H25FN2O5S/c1-32-20-11-16(12-21(33-2)26(20)34-3)23-14-25(31)29(19-9-4-5-10-22(19)35-23)15-24(30)28-18-8-6-7-17(27)13-18/h4-13,23H,14-15H2,1-3H3,(H,28,30). The summed E-state index contributed by atoms with van der Waals surface area (Å²) in [6, 6.07) is 16.7. The van der Waals surface area contributed by atoms with E-state index in [0.29, 0.717) is 28.6 Å². The molecule has 182 valence electrons. The molecule has 0 bridgehead atoms. The van der Waals surface area contributed by atoms with Crippen molar-refractivity contribution in [1.29, 1.82) is 0 Å². The molecule has 35 heavy (non-hydrogen) atoms. The number of amides is 2. The van der Waals surface area contributed by atoms with Crippen LogP contribution in [0.4, 0.5) is 15.8 Å². The van der Waals surface area contributed by atoms with Crippen LogP contribution in [-0.2, 0) is 9.59 Å². The van der Waals surface area contributed by atoms with Gasteiger partial charge in [-0.05, 0) is 48.0 Å². The zero-order valence-electron chi connectivity index (χ0n) is 19.5. The molecule has 7 nitrogen and oxygen atoms in total. The van der Waals surface area contributed by atoms with E-state index in [9.17, 15) is 14.0 Å². The van der Waals surface area contributed by atoms with Crippen LogP contribution >= 0.6 is 11.8 Å². The number of ether oxygens (including phenoxy) is 3. The first-order chi connectivity index (χ1) is 16.9. The predicted molar refractivity (Wildman–Crippen MR) is 133 cm³/mol. The van der Waals surface area contributed by atoms with E-state index in [1.165, 1.54) is 42.0 Å². The van der Waals surface area contributed by atoms with Crippen molar-refractivity contribution in [3.63, 3.8) is 0 Å². The lowest BCUT2D eigenvalue weighted by Gasteiger charge is -2.22. The molecule has 0 saturated heterocycles. The monoisotopic (exact) mass is 496 g/mol. The molecule has 1 N–H and O–H groups in total. The van der Waals surface area contributed by atoms with Crippen LogP contribution in [0.2, 0.25) is 0 Å². The third-order valence-electron chi connectivity index (χ3n) is 5.56. The van der Waals surface area contributed by atoms with Gasteiger partial charge in [0.1, 0.15) is 12.4 Å². The number of fused-ring (bicyclic) bond motifs is 1. The zero-order valence-corrected chi connectivity index (χ0v) is 20.4. The number of nitrogens with one attached hydrogen (secondary N) is 1. The summed E-state index contributed by atoms with van der Waals surface area (Å²) in [6.45, 7) is -0.200. The van der Waals surface area contributed by atoms with Gasteiger partial charge < -0.3 is 24.4 Å². The van der Waals surface area contributed by atoms with E-state index < -0.39 is 11.7 Å². The summed E-state index contributed by atoms with van der Waals surface area (Å²) in [4.78, 5) is 28.5.